The Labute approximate surface area is 122 Å². The van der Waals surface area contributed by atoms with E-state index in [9.17, 15) is 0 Å². The number of nitrogens with one attached hydrogen (secondary N) is 1. The first kappa shape index (κ1) is 15.1. The highest BCUT2D eigenvalue weighted by molar-refractivity contribution is 5.42. The Morgan fingerprint density at radius 3 is 2.75 bits per heavy atom. The Balaban J connectivity index is 2.33. The van der Waals surface area contributed by atoms with Crippen molar-refractivity contribution in [2.24, 2.45) is 5.84 Å². The molecule has 110 valence electrons. The number of hydrogen-bond acceptors (Lipinski definition) is 3. The molecule has 1 unspecified atom stereocenters. The summed E-state index contributed by atoms with van der Waals surface area (Å²) in [4.78, 5) is 0. The smallest absolute Gasteiger partial charge is 0.124 e. The first-order valence-corrected chi connectivity index (χ1v) is 7.56. The second kappa shape index (κ2) is 7.46. The topological polar surface area (TPSA) is 47.3 Å². The zero-order valence-corrected chi connectivity index (χ0v) is 12.6. The summed E-state index contributed by atoms with van der Waals surface area (Å²) in [5, 5.41) is 0. The maximum absolute atomic E-state index is 5.85. The summed E-state index contributed by atoms with van der Waals surface area (Å²) in [5.41, 5.74) is 6.76. The second-order valence-electron chi connectivity index (χ2n) is 5.58. The number of nitrogens with two attached hydrogens (primary N) is 1. The Morgan fingerprint density at radius 2 is 2.00 bits per heavy atom. The van der Waals surface area contributed by atoms with Gasteiger partial charge in [-0.25, -0.2) is 5.43 Å². The van der Waals surface area contributed by atoms with E-state index in [0.29, 0.717) is 0 Å². The number of allylic oxidation sites excluding steroid dienone is 1. The Hall–Kier alpha value is -1.32. The molecule has 0 saturated carbocycles. The molecule has 3 N–H and O–H groups in total. The van der Waals surface area contributed by atoms with Crippen molar-refractivity contribution >= 4 is 0 Å². The lowest BCUT2D eigenvalue weighted by molar-refractivity contribution is 0.402. The van der Waals surface area contributed by atoms with Crippen molar-refractivity contribution in [3.8, 4) is 5.75 Å². The molecule has 0 radical (unpaired) electrons. The quantitative estimate of drug-likeness (QED) is 0.499. The Morgan fingerprint density at radius 1 is 1.20 bits per heavy atom. The third kappa shape index (κ3) is 3.62. The molecule has 0 heterocycles. The molecule has 1 aromatic rings. The molecule has 0 amide bonds. The molecule has 0 fully saturated rings. The number of rotatable bonds is 4. The average molecular weight is 274 g/mol. The van der Waals surface area contributed by atoms with Gasteiger partial charge in [0.15, 0.2) is 0 Å². The minimum absolute atomic E-state index is 0.0583. The third-order valence-electron chi connectivity index (χ3n) is 4.06. The van der Waals surface area contributed by atoms with Crippen molar-refractivity contribution in [3.63, 3.8) is 0 Å². The van der Waals surface area contributed by atoms with Gasteiger partial charge in [-0.3, -0.25) is 5.84 Å². The van der Waals surface area contributed by atoms with Crippen LogP contribution in [-0.2, 0) is 0 Å². The van der Waals surface area contributed by atoms with Crippen LogP contribution >= 0.6 is 0 Å². The summed E-state index contributed by atoms with van der Waals surface area (Å²) in [7, 11) is 1.72. The number of methoxy groups -OCH3 is 1. The third-order valence-corrected chi connectivity index (χ3v) is 4.06. The molecule has 0 bridgehead atoms. The van der Waals surface area contributed by atoms with Crippen molar-refractivity contribution < 1.29 is 4.74 Å². The molecular formula is C17H26N2O. The zero-order chi connectivity index (χ0) is 14.4. The van der Waals surface area contributed by atoms with E-state index in [1.807, 2.05) is 6.07 Å². The first-order valence-electron chi connectivity index (χ1n) is 7.56. The van der Waals surface area contributed by atoms with Crippen molar-refractivity contribution in [2.75, 3.05) is 7.11 Å². The average Bonchev–Trinajstić information content (AvgIpc) is 2.42. The van der Waals surface area contributed by atoms with Crippen LogP contribution in [0.25, 0.3) is 0 Å². The molecule has 1 aromatic carbocycles. The lowest BCUT2D eigenvalue weighted by Crippen LogP contribution is -2.30. The van der Waals surface area contributed by atoms with E-state index in [2.05, 4.69) is 30.6 Å². The van der Waals surface area contributed by atoms with Gasteiger partial charge in [-0.2, -0.15) is 0 Å². The van der Waals surface area contributed by atoms with Gasteiger partial charge in [-0.15, -0.1) is 0 Å². The summed E-state index contributed by atoms with van der Waals surface area (Å²) in [6.07, 6.45) is 9.83. The van der Waals surface area contributed by atoms with Crippen LogP contribution < -0.4 is 16.0 Å². The van der Waals surface area contributed by atoms with E-state index >= 15 is 0 Å². The van der Waals surface area contributed by atoms with Crippen molar-refractivity contribution in [2.45, 2.75) is 51.5 Å². The van der Waals surface area contributed by atoms with Crippen LogP contribution in [0.1, 0.15) is 55.7 Å². The minimum Gasteiger partial charge on any atom is -0.496 e. The van der Waals surface area contributed by atoms with Crippen LogP contribution in [0.15, 0.2) is 29.8 Å². The summed E-state index contributed by atoms with van der Waals surface area (Å²) >= 11 is 0. The van der Waals surface area contributed by atoms with Gasteiger partial charge in [0.05, 0.1) is 13.2 Å². The molecule has 0 aliphatic heterocycles. The SMILES string of the molecule is COc1ccc(C)cc1C(NN)/C1=C/CCCCCC1. The molecule has 1 aliphatic carbocycles. The van der Waals surface area contributed by atoms with E-state index in [1.54, 1.807) is 7.11 Å². The number of benzene rings is 1. The van der Waals surface area contributed by atoms with Gasteiger partial charge in [0.25, 0.3) is 0 Å². The van der Waals surface area contributed by atoms with E-state index < -0.39 is 0 Å². The standard InChI is InChI=1S/C17H26N2O/c1-13-10-11-16(20-2)15(12-13)17(19-18)14-8-6-4-3-5-7-9-14/h8,10-12,17,19H,3-7,9,18H2,1-2H3/b14-8+. The molecule has 0 saturated heterocycles. The molecular weight excluding hydrogens is 248 g/mol. The predicted molar refractivity (Wildman–Crippen MR) is 83.6 cm³/mol. The lowest BCUT2D eigenvalue weighted by Gasteiger charge is -2.24. The van der Waals surface area contributed by atoms with Crippen LogP contribution in [0.2, 0.25) is 0 Å². The number of aryl methyl sites for hydroxylation is 1. The highest BCUT2D eigenvalue weighted by atomic mass is 16.5. The first-order chi connectivity index (χ1) is 9.76. The zero-order valence-electron chi connectivity index (χ0n) is 12.6. The number of ether oxygens (including phenoxy) is 1. The molecule has 1 atom stereocenters. The normalized spacial score (nSPS) is 20.4. The fourth-order valence-electron chi connectivity index (χ4n) is 2.95. The summed E-state index contributed by atoms with van der Waals surface area (Å²) in [6.45, 7) is 2.10. The largest absolute Gasteiger partial charge is 0.496 e. The predicted octanol–water partition coefficient (Wildman–Crippen LogP) is 3.79. The van der Waals surface area contributed by atoms with Crippen LogP contribution in [0.3, 0.4) is 0 Å². The van der Waals surface area contributed by atoms with Gasteiger partial charge in [-0.05, 0) is 38.7 Å². The van der Waals surface area contributed by atoms with Crippen molar-refractivity contribution in [1.29, 1.82) is 0 Å². The van der Waals surface area contributed by atoms with Crippen molar-refractivity contribution in [1.82, 2.24) is 5.43 Å². The molecule has 3 heteroatoms. The molecule has 2 rings (SSSR count). The molecule has 20 heavy (non-hydrogen) atoms. The van der Waals surface area contributed by atoms with Gasteiger partial charge in [0.1, 0.15) is 5.75 Å². The van der Waals surface area contributed by atoms with Crippen molar-refractivity contribution in [3.05, 3.63) is 41.0 Å². The second-order valence-corrected chi connectivity index (χ2v) is 5.58. The van der Waals surface area contributed by atoms with Crippen LogP contribution in [-0.4, -0.2) is 7.11 Å². The van der Waals surface area contributed by atoms with Crippen LogP contribution in [0.4, 0.5) is 0 Å². The number of hydrazine groups is 1. The maximum atomic E-state index is 5.85. The van der Waals surface area contributed by atoms with Gasteiger partial charge in [0, 0.05) is 5.56 Å². The lowest BCUT2D eigenvalue weighted by atomic mass is 9.90. The fraction of sp³-hybridized carbons (Fsp3) is 0.529. The number of hydrogen-bond donors (Lipinski definition) is 2. The maximum Gasteiger partial charge on any atom is 0.124 e. The molecule has 0 aromatic heterocycles. The summed E-state index contributed by atoms with van der Waals surface area (Å²) < 4.78 is 5.51. The van der Waals surface area contributed by atoms with Gasteiger partial charge in [0.2, 0.25) is 0 Å². The highest BCUT2D eigenvalue weighted by Crippen LogP contribution is 2.33. The Bertz CT molecular complexity index is 468. The van der Waals surface area contributed by atoms with E-state index in [1.165, 1.54) is 36.8 Å². The van der Waals surface area contributed by atoms with Crippen LogP contribution in [0.5, 0.6) is 5.75 Å². The minimum atomic E-state index is 0.0583. The van der Waals surface area contributed by atoms with Gasteiger partial charge < -0.3 is 4.74 Å². The van der Waals surface area contributed by atoms with E-state index in [-0.39, 0.29) is 6.04 Å². The molecule has 0 spiro atoms. The van der Waals surface area contributed by atoms with Gasteiger partial charge >= 0.3 is 0 Å². The molecule has 1 aliphatic rings. The summed E-state index contributed by atoms with van der Waals surface area (Å²) in [6, 6.07) is 6.33. The monoisotopic (exact) mass is 274 g/mol. The van der Waals surface area contributed by atoms with E-state index in [0.717, 1.165) is 24.2 Å². The van der Waals surface area contributed by atoms with Gasteiger partial charge in [-0.1, -0.05) is 42.2 Å². The fourth-order valence-corrected chi connectivity index (χ4v) is 2.95. The molecule has 3 nitrogen and oxygen atoms in total. The summed E-state index contributed by atoms with van der Waals surface area (Å²) in [5.74, 6) is 6.76. The van der Waals surface area contributed by atoms with E-state index in [4.69, 9.17) is 10.6 Å². The highest BCUT2D eigenvalue weighted by Gasteiger charge is 2.19. The Kier molecular flexibility index (Phi) is 5.62. The van der Waals surface area contributed by atoms with Crippen LogP contribution in [0, 0.1) is 6.92 Å².